The van der Waals surface area contributed by atoms with Gasteiger partial charge in [-0.15, -0.1) is 0 Å². The normalized spacial score (nSPS) is 27.9. The molecule has 1 aliphatic heterocycles. The highest BCUT2D eigenvalue weighted by atomic mass is 16.7. The van der Waals surface area contributed by atoms with E-state index in [2.05, 4.69) is 0 Å². The Morgan fingerprint density at radius 1 is 1.33 bits per heavy atom. The van der Waals surface area contributed by atoms with Gasteiger partial charge in [-0.2, -0.15) is 0 Å². The Kier molecular flexibility index (Phi) is 4.75. The maximum atomic E-state index is 11.8. The second-order valence-corrected chi connectivity index (χ2v) is 6.14. The minimum Gasteiger partial charge on any atom is -0.460 e. The standard InChI is InChI=1S/C13H25NO4/c1-12(2,3)18-11(15)7-9-6-10(8-14)17-13(4,5)16-9/h9-10H,6-8,14H2,1-5H3/t9-,10+/m0/s1. The molecule has 1 saturated heterocycles. The molecule has 0 aromatic rings. The van der Waals surface area contributed by atoms with Crippen molar-refractivity contribution in [3.05, 3.63) is 0 Å². The van der Waals surface area contributed by atoms with Crippen LogP contribution in [0.3, 0.4) is 0 Å². The second-order valence-electron chi connectivity index (χ2n) is 6.14. The molecule has 0 spiro atoms. The van der Waals surface area contributed by atoms with E-state index >= 15 is 0 Å². The van der Waals surface area contributed by atoms with E-state index in [0.29, 0.717) is 13.0 Å². The monoisotopic (exact) mass is 259 g/mol. The van der Waals surface area contributed by atoms with E-state index in [9.17, 15) is 4.79 Å². The van der Waals surface area contributed by atoms with Crippen molar-refractivity contribution in [3.63, 3.8) is 0 Å². The highest BCUT2D eigenvalue weighted by Gasteiger charge is 2.36. The van der Waals surface area contributed by atoms with Gasteiger partial charge in [-0.05, 0) is 34.6 Å². The number of hydrogen-bond donors (Lipinski definition) is 1. The van der Waals surface area contributed by atoms with Crippen molar-refractivity contribution in [1.29, 1.82) is 0 Å². The van der Waals surface area contributed by atoms with E-state index in [1.54, 1.807) is 0 Å². The number of carbonyl (C=O) groups excluding carboxylic acids is 1. The third-order valence-corrected chi connectivity index (χ3v) is 2.50. The summed E-state index contributed by atoms with van der Waals surface area (Å²) in [7, 11) is 0. The van der Waals surface area contributed by atoms with Crippen molar-refractivity contribution in [2.75, 3.05) is 6.54 Å². The number of carbonyl (C=O) groups is 1. The number of hydrogen-bond acceptors (Lipinski definition) is 5. The molecule has 0 aliphatic carbocycles. The molecule has 2 N–H and O–H groups in total. The summed E-state index contributed by atoms with van der Waals surface area (Å²) in [5.41, 5.74) is 5.16. The van der Waals surface area contributed by atoms with Crippen LogP contribution in [0.5, 0.6) is 0 Å². The van der Waals surface area contributed by atoms with Crippen molar-refractivity contribution in [2.24, 2.45) is 5.73 Å². The lowest BCUT2D eigenvalue weighted by Gasteiger charge is -2.40. The summed E-state index contributed by atoms with van der Waals surface area (Å²) in [6.07, 6.45) is 0.595. The van der Waals surface area contributed by atoms with E-state index in [1.807, 2.05) is 34.6 Å². The van der Waals surface area contributed by atoms with Gasteiger partial charge >= 0.3 is 5.97 Å². The topological polar surface area (TPSA) is 70.8 Å². The Morgan fingerprint density at radius 3 is 2.39 bits per heavy atom. The Labute approximate surface area is 109 Å². The van der Waals surface area contributed by atoms with Crippen LogP contribution < -0.4 is 5.73 Å². The van der Waals surface area contributed by atoms with Crippen LogP contribution in [-0.4, -0.2) is 36.1 Å². The zero-order valence-electron chi connectivity index (χ0n) is 12.0. The Balaban J connectivity index is 2.53. The molecule has 0 aromatic carbocycles. The number of rotatable bonds is 3. The maximum absolute atomic E-state index is 11.8. The molecule has 1 fully saturated rings. The predicted molar refractivity (Wildman–Crippen MR) is 68.0 cm³/mol. The number of esters is 1. The first-order chi connectivity index (χ1) is 8.11. The quantitative estimate of drug-likeness (QED) is 0.779. The first-order valence-electron chi connectivity index (χ1n) is 6.39. The predicted octanol–water partition coefficient (Wildman–Crippen LogP) is 1.59. The molecule has 5 nitrogen and oxygen atoms in total. The summed E-state index contributed by atoms with van der Waals surface area (Å²) in [6.45, 7) is 9.64. The van der Waals surface area contributed by atoms with Gasteiger partial charge in [0.15, 0.2) is 5.79 Å². The van der Waals surface area contributed by atoms with Gasteiger partial charge in [0.05, 0.1) is 18.6 Å². The van der Waals surface area contributed by atoms with Crippen LogP contribution in [0.1, 0.15) is 47.5 Å². The molecule has 18 heavy (non-hydrogen) atoms. The molecule has 0 saturated carbocycles. The fraction of sp³-hybridized carbons (Fsp3) is 0.923. The first kappa shape index (κ1) is 15.4. The molecule has 1 aliphatic rings. The van der Waals surface area contributed by atoms with Gasteiger partial charge in [0.25, 0.3) is 0 Å². The minimum atomic E-state index is -0.699. The molecule has 0 radical (unpaired) electrons. The molecule has 0 bridgehead atoms. The van der Waals surface area contributed by atoms with Gasteiger partial charge in [0, 0.05) is 13.0 Å². The van der Waals surface area contributed by atoms with Crippen molar-refractivity contribution < 1.29 is 19.0 Å². The van der Waals surface area contributed by atoms with Crippen LogP contribution in [-0.2, 0) is 19.0 Å². The highest BCUT2D eigenvalue weighted by molar-refractivity contribution is 5.70. The van der Waals surface area contributed by atoms with Gasteiger partial charge < -0.3 is 19.9 Å². The lowest BCUT2D eigenvalue weighted by atomic mass is 10.1. The van der Waals surface area contributed by atoms with Crippen LogP contribution >= 0.6 is 0 Å². The molecule has 0 amide bonds. The van der Waals surface area contributed by atoms with E-state index in [0.717, 1.165) is 0 Å². The zero-order valence-corrected chi connectivity index (χ0v) is 12.0. The van der Waals surface area contributed by atoms with Crippen molar-refractivity contribution in [1.82, 2.24) is 0 Å². The average molecular weight is 259 g/mol. The molecule has 0 unspecified atom stereocenters. The summed E-state index contributed by atoms with van der Waals surface area (Å²) in [4.78, 5) is 11.8. The lowest BCUT2D eigenvalue weighted by Crippen LogP contribution is -2.48. The maximum Gasteiger partial charge on any atom is 0.308 e. The SMILES string of the molecule is CC(C)(C)OC(=O)C[C@@H]1C[C@H](CN)OC(C)(C)O1. The third kappa shape index (κ3) is 5.33. The van der Waals surface area contributed by atoms with Crippen LogP contribution in [0.2, 0.25) is 0 Å². The van der Waals surface area contributed by atoms with E-state index in [4.69, 9.17) is 19.9 Å². The largest absolute Gasteiger partial charge is 0.460 e. The molecular formula is C13H25NO4. The lowest BCUT2D eigenvalue weighted by molar-refractivity contribution is -0.297. The highest BCUT2D eigenvalue weighted by Crippen LogP contribution is 2.28. The molecule has 0 aromatic heterocycles. The number of nitrogens with two attached hydrogens (primary N) is 1. The van der Waals surface area contributed by atoms with E-state index < -0.39 is 11.4 Å². The van der Waals surface area contributed by atoms with Crippen molar-refractivity contribution >= 4 is 5.97 Å². The minimum absolute atomic E-state index is 0.0683. The summed E-state index contributed by atoms with van der Waals surface area (Å²) >= 11 is 0. The summed E-state index contributed by atoms with van der Waals surface area (Å²) in [5, 5.41) is 0. The molecule has 2 atom stereocenters. The van der Waals surface area contributed by atoms with Gasteiger partial charge in [-0.3, -0.25) is 4.79 Å². The van der Waals surface area contributed by atoms with Crippen molar-refractivity contribution in [3.8, 4) is 0 Å². The Bertz CT molecular complexity index is 296. The summed E-state index contributed by atoms with van der Waals surface area (Å²) in [5.74, 6) is -0.949. The molecule has 1 heterocycles. The first-order valence-corrected chi connectivity index (χ1v) is 6.39. The van der Waals surface area contributed by atoms with Gasteiger partial charge in [-0.25, -0.2) is 0 Å². The third-order valence-electron chi connectivity index (χ3n) is 2.50. The van der Waals surface area contributed by atoms with Crippen LogP contribution in [0.25, 0.3) is 0 Å². The fourth-order valence-electron chi connectivity index (χ4n) is 2.06. The smallest absolute Gasteiger partial charge is 0.308 e. The van der Waals surface area contributed by atoms with E-state index in [-0.39, 0.29) is 24.6 Å². The molecule has 1 rings (SSSR count). The van der Waals surface area contributed by atoms with Crippen LogP contribution in [0.15, 0.2) is 0 Å². The molecule has 106 valence electrons. The van der Waals surface area contributed by atoms with Gasteiger partial charge in [-0.1, -0.05) is 0 Å². The van der Waals surface area contributed by atoms with Crippen molar-refractivity contribution in [2.45, 2.75) is 71.1 Å². The second kappa shape index (κ2) is 5.55. The van der Waals surface area contributed by atoms with E-state index in [1.165, 1.54) is 0 Å². The average Bonchev–Trinajstić information content (AvgIpc) is 2.11. The number of ether oxygens (including phenoxy) is 3. The fourth-order valence-corrected chi connectivity index (χ4v) is 2.06. The Hall–Kier alpha value is -0.650. The molecular weight excluding hydrogens is 234 g/mol. The summed E-state index contributed by atoms with van der Waals surface area (Å²) < 4.78 is 16.6. The zero-order chi connectivity index (χ0) is 14.0. The van der Waals surface area contributed by atoms with Crippen LogP contribution in [0.4, 0.5) is 0 Å². The van der Waals surface area contributed by atoms with Gasteiger partial charge in [0.1, 0.15) is 5.60 Å². The summed E-state index contributed by atoms with van der Waals surface area (Å²) in [6, 6.07) is 0. The molecule has 5 heteroatoms. The van der Waals surface area contributed by atoms with Crippen LogP contribution in [0, 0.1) is 0 Å². The Morgan fingerprint density at radius 2 is 1.89 bits per heavy atom. The van der Waals surface area contributed by atoms with Gasteiger partial charge in [0.2, 0.25) is 0 Å².